The van der Waals surface area contributed by atoms with E-state index < -0.39 is 27.3 Å². The van der Waals surface area contributed by atoms with Crippen molar-refractivity contribution in [2.75, 3.05) is 31.6 Å². The molecular formula is C49H73N7O7Si2. The number of ketones is 1. The van der Waals surface area contributed by atoms with Crippen LogP contribution in [-0.4, -0.2) is 101 Å². The van der Waals surface area contributed by atoms with E-state index in [1.807, 2.05) is 112 Å². The average Bonchev–Trinajstić information content (AvgIpc) is 4.03. The summed E-state index contributed by atoms with van der Waals surface area (Å²) in [5, 5.41) is 3.43. The molecule has 0 aliphatic carbocycles. The van der Waals surface area contributed by atoms with Crippen LogP contribution in [0.4, 0.5) is 21.1 Å². The largest absolute Gasteiger partial charge is 0.444 e. The molecule has 354 valence electrons. The minimum atomic E-state index is -1.31. The topological polar surface area (TPSA) is 142 Å². The minimum Gasteiger partial charge on any atom is -0.444 e. The quantitative estimate of drug-likeness (QED) is 0.0618. The lowest BCUT2D eigenvalue weighted by Gasteiger charge is -2.28. The predicted octanol–water partition coefficient (Wildman–Crippen LogP) is 11.5. The molecule has 14 nitrogen and oxygen atoms in total. The number of hydrogen-bond acceptors (Lipinski definition) is 10. The van der Waals surface area contributed by atoms with Crippen molar-refractivity contribution in [3.63, 3.8) is 0 Å². The zero-order chi connectivity index (χ0) is 47.3. The molecule has 2 aromatic heterocycles. The highest BCUT2D eigenvalue weighted by Gasteiger charge is 2.38. The molecule has 4 heterocycles. The fraction of sp³-hybridized carbons (Fsp3) is 0.571. The van der Waals surface area contributed by atoms with Crippen molar-refractivity contribution >= 4 is 45.6 Å². The minimum absolute atomic E-state index is 0.151. The first-order chi connectivity index (χ1) is 30.4. The first kappa shape index (κ1) is 49.7. The van der Waals surface area contributed by atoms with Crippen molar-refractivity contribution < 1.29 is 33.3 Å². The molecule has 4 aromatic rings. The van der Waals surface area contributed by atoms with E-state index in [1.54, 1.807) is 9.80 Å². The maximum atomic E-state index is 14.3. The van der Waals surface area contributed by atoms with Crippen LogP contribution in [-0.2, 0) is 32.4 Å². The summed E-state index contributed by atoms with van der Waals surface area (Å²) >= 11 is 0. The van der Waals surface area contributed by atoms with Crippen molar-refractivity contribution in [3.05, 3.63) is 83.7 Å². The van der Waals surface area contributed by atoms with Gasteiger partial charge >= 0.3 is 12.2 Å². The van der Waals surface area contributed by atoms with Crippen molar-refractivity contribution in [2.24, 2.45) is 0 Å². The van der Waals surface area contributed by atoms with Gasteiger partial charge in [0.2, 0.25) is 0 Å². The SMILES string of the molecule is CC(C)(C)OC(=O)N1CCC[C@H]1c1nc(Nc2ccccc2C(=O)c2ccc(-c3cn(COCC[Si](C)(C)C)c([C@@H]4CCCN4C(=O)OC(C)(C)C)n3)cc2)cn1COCC[Si](C)(C)C. The fourth-order valence-corrected chi connectivity index (χ4v) is 9.42. The summed E-state index contributed by atoms with van der Waals surface area (Å²) in [7, 11) is -2.61. The van der Waals surface area contributed by atoms with Gasteiger partial charge in [0.05, 0.1) is 29.7 Å². The molecular weight excluding hydrogens is 855 g/mol. The van der Waals surface area contributed by atoms with Crippen LogP contribution in [0.2, 0.25) is 51.4 Å². The zero-order valence-corrected chi connectivity index (χ0v) is 43.0. The molecule has 0 unspecified atom stereocenters. The van der Waals surface area contributed by atoms with Crippen LogP contribution in [0.15, 0.2) is 60.9 Å². The third kappa shape index (κ3) is 13.9. The summed E-state index contributed by atoms with van der Waals surface area (Å²) < 4.78 is 28.0. The number of amides is 2. The van der Waals surface area contributed by atoms with Gasteiger partial charge in [-0.05, 0) is 91.4 Å². The van der Waals surface area contributed by atoms with Gasteiger partial charge in [-0.15, -0.1) is 0 Å². The standard InChI is InChI=1S/C49H73N7O7Si2/c1-48(2,3)62-46(58)55-25-15-19-40(55)44-51-39(31-53(44)33-60-27-29-64(7,8)9)35-21-23-36(24-22-35)43(57)37-17-13-14-18-38(37)50-42-32-54(34-61-28-30-65(10,11)12)45(52-42)41-20-16-26-56(41)47(59)63-49(4,5)6/h13-14,17-18,21-24,31-32,40-41,50H,15-16,19-20,25-30,33-34H2,1-12H3/t40-,41-/m0/s1. The number of likely N-dealkylation sites (tertiary alicyclic amines) is 2. The number of rotatable bonds is 17. The maximum absolute atomic E-state index is 14.3. The van der Waals surface area contributed by atoms with Crippen LogP contribution >= 0.6 is 0 Å². The Morgan fingerprint density at radius 3 is 1.68 bits per heavy atom. The van der Waals surface area contributed by atoms with Gasteiger partial charge in [0, 0.05) is 65.3 Å². The van der Waals surface area contributed by atoms with E-state index in [-0.39, 0.29) is 36.8 Å². The molecule has 2 aromatic carbocycles. The third-order valence-corrected chi connectivity index (χ3v) is 14.7. The summed E-state index contributed by atoms with van der Waals surface area (Å²) in [6.07, 6.45) is 6.36. The Balaban J connectivity index is 1.23. The van der Waals surface area contributed by atoms with Gasteiger partial charge in [0.1, 0.15) is 42.1 Å². The van der Waals surface area contributed by atoms with E-state index in [0.717, 1.165) is 54.9 Å². The number of nitrogens with zero attached hydrogens (tertiary/aromatic N) is 6. The Bertz CT molecular complexity index is 2270. The second-order valence-corrected chi connectivity index (χ2v) is 33.1. The summed E-state index contributed by atoms with van der Waals surface area (Å²) in [6, 6.07) is 16.4. The molecule has 2 fully saturated rings. The van der Waals surface area contributed by atoms with Gasteiger partial charge in [0.25, 0.3) is 0 Å². The molecule has 0 spiro atoms. The van der Waals surface area contributed by atoms with Crippen LogP contribution in [0.25, 0.3) is 11.3 Å². The number of carbonyl (C=O) groups excluding carboxylic acids is 3. The monoisotopic (exact) mass is 928 g/mol. The van der Waals surface area contributed by atoms with Crippen molar-refractivity contribution in [1.82, 2.24) is 28.9 Å². The average molecular weight is 928 g/mol. The van der Waals surface area contributed by atoms with Crippen LogP contribution in [0.3, 0.4) is 0 Å². The van der Waals surface area contributed by atoms with Gasteiger partial charge < -0.3 is 33.4 Å². The summed E-state index contributed by atoms with van der Waals surface area (Å²) in [5.41, 5.74) is 1.95. The molecule has 0 radical (unpaired) electrons. The Hall–Kier alpha value is -4.78. The first-order valence-corrected chi connectivity index (χ1v) is 30.7. The Morgan fingerprint density at radius 2 is 1.17 bits per heavy atom. The lowest BCUT2D eigenvalue weighted by atomic mass is 10.00. The molecule has 2 aliphatic heterocycles. The Kier molecular flexibility index (Phi) is 15.6. The highest BCUT2D eigenvalue weighted by Crippen LogP contribution is 2.37. The van der Waals surface area contributed by atoms with Gasteiger partial charge in [-0.2, -0.15) is 0 Å². The van der Waals surface area contributed by atoms with Gasteiger partial charge in [-0.3, -0.25) is 14.6 Å². The number of carbonyl (C=O) groups is 3. The molecule has 0 bridgehead atoms. The molecule has 2 amide bonds. The number of hydrogen-bond donors (Lipinski definition) is 1. The van der Waals surface area contributed by atoms with E-state index in [4.69, 9.17) is 28.9 Å². The van der Waals surface area contributed by atoms with Crippen LogP contribution in [0.5, 0.6) is 0 Å². The van der Waals surface area contributed by atoms with Crippen LogP contribution in [0.1, 0.15) is 107 Å². The van der Waals surface area contributed by atoms with E-state index in [2.05, 4.69) is 44.6 Å². The number of aromatic nitrogens is 4. The molecule has 65 heavy (non-hydrogen) atoms. The second-order valence-electron chi connectivity index (χ2n) is 21.8. The maximum Gasteiger partial charge on any atom is 0.410 e. The third-order valence-electron chi connectivity index (χ3n) is 11.3. The van der Waals surface area contributed by atoms with E-state index >= 15 is 0 Å². The predicted molar refractivity (Wildman–Crippen MR) is 261 cm³/mol. The molecule has 6 rings (SSSR count). The van der Waals surface area contributed by atoms with Gasteiger partial charge in [-0.25, -0.2) is 19.6 Å². The van der Waals surface area contributed by atoms with E-state index in [9.17, 15) is 14.4 Å². The van der Waals surface area contributed by atoms with Crippen LogP contribution < -0.4 is 5.32 Å². The number of nitrogens with one attached hydrogen (secondary N) is 1. The summed E-state index contributed by atoms with van der Waals surface area (Å²) in [6.45, 7) is 28.3. The summed E-state index contributed by atoms with van der Waals surface area (Å²) in [4.78, 5) is 54.7. The lowest BCUT2D eigenvalue weighted by Crippen LogP contribution is -2.37. The second kappa shape index (κ2) is 20.4. The first-order valence-electron chi connectivity index (χ1n) is 23.2. The highest BCUT2D eigenvalue weighted by molar-refractivity contribution is 6.76. The van der Waals surface area contributed by atoms with E-state index in [0.29, 0.717) is 61.5 Å². The number of ether oxygens (including phenoxy) is 4. The molecule has 2 saturated heterocycles. The number of imidazole rings is 2. The molecule has 2 atom stereocenters. The van der Waals surface area contributed by atoms with Crippen molar-refractivity contribution in [1.29, 1.82) is 0 Å². The lowest BCUT2D eigenvalue weighted by molar-refractivity contribution is 0.0194. The Morgan fingerprint density at radius 1 is 0.677 bits per heavy atom. The number of benzene rings is 2. The summed E-state index contributed by atoms with van der Waals surface area (Å²) in [5.74, 6) is 1.86. The van der Waals surface area contributed by atoms with Crippen molar-refractivity contribution in [3.8, 4) is 11.3 Å². The van der Waals surface area contributed by atoms with Crippen LogP contribution in [0, 0.1) is 0 Å². The van der Waals surface area contributed by atoms with Gasteiger partial charge in [0.15, 0.2) is 5.78 Å². The molecule has 0 saturated carbocycles. The Labute approximate surface area is 388 Å². The molecule has 2 aliphatic rings. The highest BCUT2D eigenvalue weighted by atomic mass is 28.3. The van der Waals surface area contributed by atoms with Gasteiger partial charge in [-0.1, -0.05) is 75.7 Å². The molecule has 16 heteroatoms. The zero-order valence-electron chi connectivity index (χ0n) is 41.0. The normalized spacial score (nSPS) is 17.2. The fourth-order valence-electron chi connectivity index (χ4n) is 7.91. The number of anilines is 2. The molecule has 1 N–H and O–H groups in total. The van der Waals surface area contributed by atoms with Crippen molar-refractivity contribution in [2.45, 2.75) is 155 Å². The smallest absolute Gasteiger partial charge is 0.410 e. The number of para-hydroxylation sites is 1. The van der Waals surface area contributed by atoms with E-state index in [1.165, 1.54) is 0 Å².